The molecule has 3 aliphatic rings. The molecule has 176 valence electrons. The summed E-state index contributed by atoms with van der Waals surface area (Å²) < 4.78 is 0. The van der Waals surface area contributed by atoms with Crippen LogP contribution in [0.2, 0.25) is 0 Å². The molecule has 3 saturated carbocycles. The second kappa shape index (κ2) is 10.1. The third-order valence-electron chi connectivity index (χ3n) is 8.80. The van der Waals surface area contributed by atoms with Crippen molar-refractivity contribution in [2.24, 2.45) is 0 Å². The molecule has 0 saturated heterocycles. The van der Waals surface area contributed by atoms with Gasteiger partial charge in [-0.15, -0.1) is 0 Å². The van der Waals surface area contributed by atoms with Gasteiger partial charge in [-0.2, -0.15) is 0 Å². The molecule has 0 bridgehead atoms. The lowest BCUT2D eigenvalue weighted by atomic mass is 9.66. The van der Waals surface area contributed by atoms with E-state index in [2.05, 4.69) is 42.8 Å². The fourth-order valence-corrected chi connectivity index (χ4v) is 6.98. The van der Waals surface area contributed by atoms with E-state index in [0.29, 0.717) is 23.3 Å². The molecule has 0 spiro atoms. The summed E-state index contributed by atoms with van der Waals surface area (Å²) in [6.45, 7) is 0. The standard InChI is InChI=1S/C31H40O2/c32-29-25(23-13-5-3-6-14-23)17-11-19-27(29)31(21-9-1-2-10-22-31)28-20-12-18-26(30(28)33)24-15-7-4-8-16-24/h11-12,17-20,23-24,32-33H,1-10,13-16,21H2. The highest BCUT2D eigenvalue weighted by Crippen LogP contribution is 2.53. The van der Waals surface area contributed by atoms with Crippen molar-refractivity contribution in [3.63, 3.8) is 0 Å². The van der Waals surface area contributed by atoms with E-state index in [9.17, 15) is 10.2 Å². The molecule has 0 aromatic heterocycles. The monoisotopic (exact) mass is 444 g/mol. The Morgan fingerprint density at radius 3 is 1.61 bits per heavy atom. The van der Waals surface area contributed by atoms with E-state index in [1.165, 1.54) is 70.6 Å². The molecule has 2 N–H and O–H groups in total. The van der Waals surface area contributed by atoms with Gasteiger partial charge < -0.3 is 10.2 Å². The lowest BCUT2D eigenvalue weighted by Gasteiger charge is -2.37. The lowest BCUT2D eigenvalue weighted by molar-refractivity contribution is 0.388. The van der Waals surface area contributed by atoms with Crippen molar-refractivity contribution >= 4 is 0 Å². The Morgan fingerprint density at radius 2 is 1.09 bits per heavy atom. The SMILES string of the molecule is Oc1c(C2CCCCC2)cccc1C1(c2cccc(C3CCCCC3)c2O)[C]CCCCC1. The summed E-state index contributed by atoms with van der Waals surface area (Å²) in [7, 11) is 0. The molecule has 2 aromatic rings. The Morgan fingerprint density at radius 1 is 0.606 bits per heavy atom. The zero-order valence-electron chi connectivity index (χ0n) is 20.1. The molecule has 3 aliphatic carbocycles. The van der Waals surface area contributed by atoms with Crippen LogP contribution in [-0.4, -0.2) is 10.2 Å². The van der Waals surface area contributed by atoms with Gasteiger partial charge in [0.15, 0.2) is 0 Å². The van der Waals surface area contributed by atoms with Crippen molar-refractivity contribution in [3.8, 4) is 11.5 Å². The first-order valence-corrected chi connectivity index (χ1v) is 13.6. The Balaban J connectivity index is 1.62. The summed E-state index contributed by atoms with van der Waals surface area (Å²) in [5, 5.41) is 23.4. The van der Waals surface area contributed by atoms with Crippen LogP contribution in [0.25, 0.3) is 0 Å². The highest BCUT2D eigenvalue weighted by Gasteiger charge is 2.41. The maximum absolute atomic E-state index is 11.7. The molecule has 5 rings (SSSR count). The summed E-state index contributed by atoms with van der Waals surface area (Å²) >= 11 is 0. The molecule has 0 unspecified atom stereocenters. The van der Waals surface area contributed by atoms with Gasteiger partial charge >= 0.3 is 0 Å². The minimum Gasteiger partial charge on any atom is -0.507 e. The normalized spacial score (nSPS) is 22.7. The van der Waals surface area contributed by atoms with Crippen LogP contribution in [0.15, 0.2) is 36.4 Å². The van der Waals surface area contributed by atoms with Crippen LogP contribution in [0, 0.1) is 6.42 Å². The van der Waals surface area contributed by atoms with Gasteiger partial charge in [0.1, 0.15) is 11.5 Å². The van der Waals surface area contributed by atoms with Crippen LogP contribution in [-0.2, 0) is 5.41 Å². The first-order chi connectivity index (χ1) is 16.2. The Kier molecular flexibility index (Phi) is 6.99. The van der Waals surface area contributed by atoms with Gasteiger partial charge in [-0.1, -0.05) is 94.2 Å². The summed E-state index contributed by atoms with van der Waals surface area (Å²) in [6, 6.07) is 12.7. The van der Waals surface area contributed by atoms with Gasteiger partial charge in [0.05, 0.1) is 0 Å². The van der Waals surface area contributed by atoms with Crippen LogP contribution in [0.5, 0.6) is 11.5 Å². The maximum atomic E-state index is 11.7. The number of phenols is 2. The smallest absolute Gasteiger partial charge is 0.123 e. The minimum atomic E-state index is -0.542. The van der Waals surface area contributed by atoms with E-state index >= 15 is 0 Å². The van der Waals surface area contributed by atoms with Crippen molar-refractivity contribution in [3.05, 3.63) is 65.1 Å². The molecule has 2 nitrogen and oxygen atoms in total. The van der Waals surface area contributed by atoms with Crippen LogP contribution < -0.4 is 0 Å². The number of aromatic hydroxyl groups is 2. The maximum Gasteiger partial charge on any atom is 0.123 e. The van der Waals surface area contributed by atoms with E-state index in [4.69, 9.17) is 0 Å². The molecule has 0 atom stereocenters. The first kappa shape index (κ1) is 22.8. The highest BCUT2D eigenvalue weighted by atomic mass is 16.3. The Hall–Kier alpha value is -1.96. The molecule has 2 radical (unpaired) electrons. The van der Waals surface area contributed by atoms with Crippen molar-refractivity contribution in [1.29, 1.82) is 0 Å². The lowest BCUT2D eigenvalue weighted by Crippen LogP contribution is -2.29. The van der Waals surface area contributed by atoms with Crippen molar-refractivity contribution in [2.75, 3.05) is 0 Å². The van der Waals surface area contributed by atoms with Crippen molar-refractivity contribution in [2.45, 2.75) is 114 Å². The molecular formula is C31H40O2. The quantitative estimate of drug-likeness (QED) is 0.464. The molecule has 0 amide bonds. The molecule has 0 heterocycles. The van der Waals surface area contributed by atoms with Crippen LogP contribution >= 0.6 is 0 Å². The third kappa shape index (κ3) is 4.43. The predicted octanol–water partition coefficient (Wildman–Crippen LogP) is 8.52. The third-order valence-corrected chi connectivity index (χ3v) is 8.80. The molecular weight excluding hydrogens is 404 g/mol. The first-order valence-electron chi connectivity index (χ1n) is 13.6. The minimum absolute atomic E-state index is 0.448. The second-order valence-electron chi connectivity index (χ2n) is 10.8. The number of hydrogen-bond acceptors (Lipinski definition) is 2. The fourth-order valence-electron chi connectivity index (χ4n) is 6.98. The van der Waals surface area contributed by atoms with Gasteiger partial charge in [0.2, 0.25) is 0 Å². The van der Waals surface area contributed by atoms with Crippen LogP contribution in [0.3, 0.4) is 0 Å². The van der Waals surface area contributed by atoms with Crippen molar-refractivity contribution < 1.29 is 10.2 Å². The molecule has 2 aromatic carbocycles. The zero-order chi connectivity index (χ0) is 22.7. The topological polar surface area (TPSA) is 40.5 Å². The van der Waals surface area contributed by atoms with E-state index in [-0.39, 0.29) is 0 Å². The van der Waals surface area contributed by atoms with E-state index in [0.717, 1.165) is 47.9 Å². The van der Waals surface area contributed by atoms with Gasteiger partial charge in [0.25, 0.3) is 0 Å². The Labute approximate surface area is 200 Å². The average molecular weight is 445 g/mol. The van der Waals surface area contributed by atoms with Crippen LogP contribution in [0.1, 0.15) is 130 Å². The summed E-state index contributed by atoms with van der Waals surface area (Å²) in [4.78, 5) is 0. The van der Waals surface area contributed by atoms with Gasteiger partial charge in [-0.05, 0) is 67.9 Å². The molecule has 2 heteroatoms. The highest BCUT2D eigenvalue weighted by molar-refractivity contribution is 5.58. The Bertz CT molecular complexity index is 856. The zero-order valence-corrected chi connectivity index (χ0v) is 20.1. The largest absolute Gasteiger partial charge is 0.507 e. The summed E-state index contributed by atoms with van der Waals surface area (Å²) in [5.41, 5.74) is 3.60. The van der Waals surface area contributed by atoms with Gasteiger partial charge in [-0.25, -0.2) is 0 Å². The predicted molar refractivity (Wildman–Crippen MR) is 135 cm³/mol. The van der Waals surface area contributed by atoms with Gasteiger partial charge in [-0.3, -0.25) is 0 Å². The van der Waals surface area contributed by atoms with Crippen molar-refractivity contribution in [1.82, 2.24) is 0 Å². The van der Waals surface area contributed by atoms with E-state index < -0.39 is 5.41 Å². The molecule has 33 heavy (non-hydrogen) atoms. The number of phenolic OH excluding ortho intramolecular Hbond substituents is 2. The molecule has 3 fully saturated rings. The summed E-state index contributed by atoms with van der Waals surface area (Å²) in [6.07, 6.45) is 21.3. The van der Waals surface area contributed by atoms with Gasteiger partial charge in [0, 0.05) is 16.5 Å². The fraction of sp³-hybridized carbons (Fsp3) is 0.581. The van der Waals surface area contributed by atoms with E-state index in [1.54, 1.807) is 0 Å². The number of hydrogen-bond donors (Lipinski definition) is 2. The number of benzene rings is 2. The average Bonchev–Trinajstić information content (AvgIpc) is 3.12. The molecule has 0 aliphatic heterocycles. The van der Waals surface area contributed by atoms with E-state index in [1.807, 2.05) is 0 Å². The van der Waals surface area contributed by atoms with Crippen LogP contribution in [0.4, 0.5) is 0 Å². The summed E-state index contributed by atoms with van der Waals surface area (Å²) in [5.74, 6) is 1.81. The number of rotatable bonds is 4. The second-order valence-corrected chi connectivity index (χ2v) is 10.8. The number of para-hydroxylation sites is 2.